The van der Waals surface area contributed by atoms with E-state index in [1.54, 1.807) is 24.3 Å². The molecule has 8 heteroatoms. The molecule has 0 atom stereocenters. The van der Waals surface area contributed by atoms with E-state index < -0.39 is 17.2 Å². The topological polar surface area (TPSA) is 110 Å². The zero-order valence-electron chi connectivity index (χ0n) is 13.5. The molecule has 0 unspecified atom stereocenters. The number of aromatic nitrogens is 3. The Balaban J connectivity index is 2.01. The molecule has 1 N–H and O–H groups in total. The van der Waals surface area contributed by atoms with Gasteiger partial charge in [0.05, 0.1) is 17.0 Å². The minimum absolute atomic E-state index is 0.0695. The third-order valence-electron chi connectivity index (χ3n) is 3.81. The van der Waals surface area contributed by atoms with Gasteiger partial charge in [-0.2, -0.15) is 5.26 Å². The molecule has 124 valence electrons. The summed E-state index contributed by atoms with van der Waals surface area (Å²) in [5, 5.41) is 11.7. The van der Waals surface area contributed by atoms with Crippen molar-refractivity contribution in [1.29, 1.82) is 5.26 Å². The van der Waals surface area contributed by atoms with E-state index in [2.05, 4.69) is 10.3 Å². The predicted octanol–water partition coefficient (Wildman–Crippen LogP) is 0.756. The van der Waals surface area contributed by atoms with Crippen LogP contribution in [0.3, 0.4) is 0 Å². The van der Waals surface area contributed by atoms with Gasteiger partial charge in [-0.3, -0.25) is 18.7 Å². The molecule has 0 aliphatic rings. The van der Waals surface area contributed by atoms with Gasteiger partial charge in [0, 0.05) is 19.8 Å². The van der Waals surface area contributed by atoms with E-state index in [1.165, 1.54) is 30.8 Å². The van der Waals surface area contributed by atoms with Gasteiger partial charge in [-0.15, -0.1) is 0 Å². The van der Waals surface area contributed by atoms with Crippen LogP contribution in [0.5, 0.6) is 0 Å². The highest BCUT2D eigenvalue weighted by Gasteiger charge is 2.14. The largest absolute Gasteiger partial charge is 0.332 e. The lowest BCUT2D eigenvalue weighted by molar-refractivity contribution is 0.102. The van der Waals surface area contributed by atoms with Gasteiger partial charge >= 0.3 is 5.69 Å². The molecule has 2 heterocycles. The molecular formula is C17H13N5O3. The van der Waals surface area contributed by atoms with Gasteiger partial charge in [0.15, 0.2) is 0 Å². The number of anilines is 1. The summed E-state index contributed by atoms with van der Waals surface area (Å²) >= 11 is 0. The number of rotatable bonds is 2. The minimum atomic E-state index is -0.519. The van der Waals surface area contributed by atoms with E-state index in [9.17, 15) is 14.4 Å². The molecule has 2 aromatic heterocycles. The van der Waals surface area contributed by atoms with Crippen molar-refractivity contribution in [2.24, 2.45) is 14.1 Å². The molecule has 8 nitrogen and oxygen atoms in total. The lowest BCUT2D eigenvalue weighted by Crippen LogP contribution is -2.37. The average molecular weight is 335 g/mol. The van der Waals surface area contributed by atoms with Crippen LogP contribution >= 0.6 is 0 Å². The number of carbonyl (C=O) groups is 1. The first-order chi connectivity index (χ1) is 11.9. The Bertz CT molecular complexity index is 1150. The normalized spacial score (nSPS) is 10.4. The van der Waals surface area contributed by atoms with Crippen LogP contribution in [0.2, 0.25) is 0 Å². The number of nitriles is 1. The maximum atomic E-state index is 12.4. The Labute approximate surface area is 141 Å². The van der Waals surface area contributed by atoms with Crippen molar-refractivity contribution in [2.75, 3.05) is 5.32 Å². The molecule has 3 aromatic rings. The van der Waals surface area contributed by atoms with Crippen molar-refractivity contribution in [3.8, 4) is 6.07 Å². The highest BCUT2D eigenvalue weighted by molar-refractivity contribution is 6.03. The second kappa shape index (κ2) is 6.05. The summed E-state index contributed by atoms with van der Waals surface area (Å²) in [6, 6.07) is 11.2. The molecule has 25 heavy (non-hydrogen) atoms. The summed E-state index contributed by atoms with van der Waals surface area (Å²) in [6.07, 6.45) is 0. The standard InChI is InChI=1S/C17H13N5O3/c1-21-14-12(16(24)22(2)17(21)25)7-8-13(20-14)15(23)19-11-5-3-10(9-18)4-6-11/h3-8H,1-2H3,(H,19,23). The quantitative estimate of drug-likeness (QED) is 0.743. The summed E-state index contributed by atoms with van der Waals surface area (Å²) in [4.78, 5) is 40.6. The van der Waals surface area contributed by atoms with Crippen LogP contribution in [0.1, 0.15) is 16.1 Å². The molecule has 0 saturated heterocycles. The number of benzene rings is 1. The fourth-order valence-electron chi connectivity index (χ4n) is 2.40. The monoisotopic (exact) mass is 335 g/mol. The van der Waals surface area contributed by atoms with E-state index >= 15 is 0 Å². The maximum absolute atomic E-state index is 12.4. The van der Waals surface area contributed by atoms with Gasteiger partial charge in [-0.1, -0.05) is 0 Å². The molecule has 0 radical (unpaired) electrons. The molecule has 0 bridgehead atoms. The maximum Gasteiger partial charge on any atom is 0.332 e. The first kappa shape index (κ1) is 16.1. The van der Waals surface area contributed by atoms with E-state index in [1.807, 2.05) is 6.07 Å². The van der Waals surface area contributed by atoms with Gasteiger partial charge in [0.2, 0.25) is 0 Å². The predicted molar refractivity (Wildman–Crippen MR) is 91.3 cm³/mol. The Morgan fingerprint density at radius 1 is 1.08 bits per heavy atom. The van der Waals surface area contributed by atoms with E-state index in [-0.39, 0.29) is 16.7 Å². The highest BCUT2D eigenvalue weighted by Crippen LogP contribution is 2.12. The Hall–Kier alpha value is -3.73. The second-order valence-electron chi connectivity index (χ2n) is 5.42. The van der Waals surface area contributed by atoms with Crippen molar-refractivity contribution >= 4 is 22.6 Å². The zero-order chi connectivity index (χ0) is 18.1. The number of aryl methyl sites for hydroxylation is 1. The van der Waals surface area contributed by atoms with Crippen LogP contribution in [0, 0.1) is 11.3 Å². The van der Waals surface area contributed by atoms with Crippen LogP contribution in [0.25, 0.3) is 11.0 Å². The van der Waals surface area contributed by atoms with Crippen molar-refractivity contribution in [1.82, 2.24) is 14.1 Å². The number of hydrogen-bond acceptors (Lipinski definition) is 5. The van der Waals surface area contributed by atoms with Crippen LogP contribution in [-0.4, -0.2) is 20.0 Å². The van der Waals surface area contributed by atoms with Gasteiger partial charge in [0.25, 0.3) is 11.5 Å². The van der Waals surface area contributed by atoms with Crippen LogP contribution < -0.4 is 16.6 Å². The van der Waals surface area contributed by atoms with E-state index in [0.717, 1.165) is 4.57 Å². The Morgan fingerprint density at radius 2 is 1.76 bits per heavy atom. The summed E-state index contributed by atoms with van der Waals surface area (Å²) in [5.74, 6) is -0.486. The van der Waals surface area contributed by atoms with Crippen LogP contribution in [-0.2, 0) is 14.1 Å². The van der Waals surface area contributed by atoms with Crippen molar-refractivity contribution < 1.29 is 4.79 Å². The lowest BCUT2D eigenvalue weighted by Gasteiger charge is -2.09. The average Bonchev–Trinajstić information content (AvgIpc) is 2.64. The van der Waals surface area contributed by atoms with Gasteiger partial charge in [0.1, 0.15) is 11.3 Å². The number of hydrogen-bond donors (Lipinski definition) is 1. The van der Waals surface area contributed by atoms with Gasteiger partial charge in [-0.25, -0.2) is 9.78 Å². The number of nitrogens with one attached hydrogen (secondary N) is 1. The number of carbonyl (C=O) groups excluding carboxylic acids is 1. The number of nitrogens with zero attached hydrogens (tertiary/aromatic N) is 4. The van der Waals surface area contributed by atoms with Crippen molar-refractivity contribution in [3.63, 3.8) is 0 Å². The zero-order valence-corrected chi connectivity index (χ0v) is 13.5. The number of fused-ring (bicyclic) bond motifs is 1. The van der Waals surface area contributed by atoms with Gasteiger partial charge < -0.3 is 5.32 Å². The lowest BCUT2D eigenvalue weighted by atomic mass is 10.2. The molecule has 0 aliphatic carbocycles. The summed E-state index contributed by atoms with van der Waals surface area (Å²) in [7, 11) is 2.87. The Kier molecular flexibility index (Phi) is 3.91. The minimum Gasteiger partial charge on any atom is -0.321 e. The summed E-state index contributed by atoms with van der Waals surface area (Å²) < 4.78 is 2.20. The molecule has 1 aromatic carbocycles. The van der Waals surface area contributed by atoms with Crippen molar-refractivity contribution in [2.45, 2.75) is 0 Å². The summed E-state index contributed by atoms with van der Waals surface area (Å²) in [6.45, 7) is 0. The molecule has 3 rings (SSSR count). The highest BCUT2D eigenvalue weighted by atomic mass is 16.2. The first-order valence-electron chi connectivity index (χ1n) is 7.30. The number of pyridine rings is 1. The fraction of sp³-hybridized carbons (Fsp3) is 0.118. The molecule has 0 saturated carbocycles. The second-order valence-corrected chi connectivity index (χ2v) is 5.42. The fourth-order valence-corrected chi connectivity index (χ4v) is 2.40. The third kappa shape index (κ3) is 2.79. The molecule has 0 fully saturated rings. The van der Waals surface area contributed by atoms with Crippen molar-refractivity contribution in [3.05, 3.63) is 68.5 Å². The Morgan fingerprint density at radius 3 is 2.40 bits per heavy atom. The molecule has 0 spiro atoms. The molecule has 0 aliphatic heterocycles. The number of amides is 1. The molecular weight excluding hydrogens is 322 g/mol. The first-order valence-corrected chi connectivity index (χ1v) is 7.30. The smallest absolute Gasteiger partial charge is 0.321 e. The molecule has 1 amide bonds. The van der Waals surface area contributed by atoms with E-state index in [4.69, 9.17) is 5.26 Å². The van der Waals surface area contributed by atoms with Gasteiger partial charge in [-0.05, 0) is 36.4 Å². The SMILES string of the molecule is Cn1c(=O)c2ccc(C(=O)Nc3ccc(C#N)cc3)nc2n(C)c1=O. The third-order valence-corrected chi connectivity index (χ3v) is 3.81. The van der Waals surface area contributed by atoms with Crippen LogP contribution in [0.15, 0.2) is 46.0 Å². The van der Waals surface area contributed by atoms with Crippen LogP contribution in [0.4, 0.5) is 5.69 Å². The van der Waals surface area contributed by atoms with E-state index in [0.29, 0.717) is 11.3 Å². The summed E-state index contributed by atoms with van der Waals surface area (Å²) in [5.41, 5.74) is 0.205.